The monoisotopic (exact) mass is 242 g/mol. The van der Waals surface area contributed by atoms with Gasteiger partial charge in [-0.3, -0.25) is 0 Å². The van der Waals surface area contributed by atoms with Gasteiger partial charge in [-0.1, -0.05) is 38.3 Å². The number of rotatable bonds is 5. The van der Waals surface area contributed by atoms with Gasteiger partial charge in [0.25, 0.3) is 0 Å². The maximum Gasteiger partial charge on any atom is 0.0682 e. The number of hydrogen-bond acceptors (Lipinski definition) is 1. The lowest BCUT2D eigenvalue weighted by Gasteiger charge is -2.28. The fourth-order valence-corrected chi connectivity index (χ4v) is 2.34. The highest BCUT2D eigenvalue weighted by atomic mass is 28.3. The summed E-state index contributed by atoms with van der Waals surface area (Å²) in [6, 6.07) is 0. The topological polar surface area (TPSA) is 9.23 Å². The van der Waals surface area contributed by atoms with Crippen molar-refractivity contribution in [3.8, 4) is 0 Å². The molecule has 0 rings (SSSR count). The van der Waals surface area contributed by atoms with Crippen molar-refractivity contribution < 1.29 is 4.74 Å². The molecule has 0 amide bonds. The Balaban J connectivity index is 4.07. The second-order valence-electron chi connectivity index (χ2n) is 6.92. The minimum Gasteiger partial charge on any atom is -0.373 e. The van der Waals surface area contributed by atoms with E-state index in [1.165, 1.54) is 0 Å². The van der Waals surface area contributed by atoms with E-state index in [1.54, 1.807) is 0 Å². The fraction of sp³-hybridized carbons (Fsp3) is 0.857. The molecule has 0 bridgehead atoms. The molecule has 0 heterocycles. The first-order chi connectivity index (χ1) is 7.01. The van der Waals surface area contributed by atoms with Crippen LogP contribution in [0.3, 0.4) is 0 Å². The third-order valence-electron chi connectivity index (χ3n) is 2.47. The first-order valence-electron chi connectivity index (χ1n) is 6.37. The smallest absolute Gasteiger partial charge is 0.0682 e. The van der Waals surface area contributed by atoms with E-state index in [0.717, 1.165) is 6.42 Å². The van der Waals surface area contributed by atoms with Gasteiger partial charge in [0.05, 0.1) is 19.8 Å². The van der Waals surface area contributed by atoms with E-state index in [4.69, 9.17) is 4.74 Å². The SMILES string of the molecule is C[C@H](C/C=C/[Si](C)(C)C)[C@@H](C)OC(C)(C)C. The molecule has 0 aliphatic heterocycles. The van der Waals surface area contributed by atoms with Gasteiger partial charge in [-0.05, 0) is 40.0 Å². The summed E-state index contributed by atoms with van der Waals surface area (Å²) < 4.78 is 5.96. The van der Waals surface area contributed by atoms with Crippen LogP contribution in [0.2, 0.25) is 19.6 Å². The minimum atomic E-state index is -1.03. The molecule has 1 nitrogen and oxygen atoms in total. The second-order valence-corrected chi connectivity index (χ2v) is 12.0. The lowest BCUT2D eigenvalue weighted by Crippen LogP contribution is -2.29. The van der Waals surface area contributed by atoms with Crippen LogP contribution in [0.25, 0.3) is 0 Å². The molecule has 0 aliphatic carbocycles. The van der Waals surface area contributed by atoms with E-state index in [0.29, 0.717) is 12.0 Å². The highest BCUT2D eigenvalue weighted by Gasteiger charge is 2.19. The van der Waals surface area contributed by atoms with Crippen molar-refractivity contribution in [2.24, 2.45) is 5.92 Å². The Labute approximate surface area is 103 Å². The fourth-order valence-electron chi connectivity index (χ4n) is 1.50. The molecular weight excluding hydrogens is 212 g/mol. The molecule has 0 aromatic carbocycles. The molecule has 0 saturated carbocycles. The summed E-state index contributed by atoms with van der Waals surface area (Å²) in [6.45, 7) is 17.9. The third kappa shape index (κ3) is 9.17. The Kier molecular flexibility index (Phi) is 5.98. The third-order valence-corrected chi connectivity index (χ3v) is 3.70. The van der Waals surface area contributed by atoms with Gasteiger partial charge in [0.2, 0.25) is 0 Å². The van der Waals surface area contributed by atoms with Crippen LogP contribution in [0.1, 0.15) is 41.0 Å². The molecule has 0 aliphatic rings. The van der Waals surface area contributed by atoms with E-state index in [-0.39, 0.29) is 5.60 Å². The molecule has 0 N–H and O–H groups in total. The summed E-state index contributed by atoms with van der Waals surface area (Å²) in [5.74, 6) is 0.590. The Morgan fingerprint density at radius 3 is 2.00 bits per heavy atom. The van der Waals surface area contributed by atoms with Gasteiger partial charge >= 0.3 is 0 Å². The van der Waals surface area contributed by atoms with Gasteiger partial charge < -0.3 is 4.74 Å². The summed E-state index contributed by atoms with van der Waals surface area (Å²) in [7, 11) is -1.03. The maximum atomic E-state index is 5.96. The minimum absolute atomic E-state index is 0.0316. The van der Waals surface area contributed by atoms with E-state index < -0.39 is 8.07 Å². The Hall–Kier alpha value is -0.0831. The maximum absolute atomic E-state index is 5.96. The zero-order valence-electron chi connectivity index (χ0n) is 12.4. The van der Waals surface area contributed by atoms with Crippen LogP contribution in [-0.4, -0.2) is 19.8 Å². The average molecular weight is 242 g/mol. The second kappa shape index (κ2) is 6.01. The van der Waals surface area contributed by atoms with Crippen LogP contribution < -0.4 is 0 Å². The van der Waals surface area contributed by atoms with Crippen LogP contribution in [0, 0.1) is 5.92 Å². The zero-order valence-corrected chi connectivity index (χ0v) is 13.4. The van der Waals surface area contributed by atoms with E-state index in [9.17, 15) is 0 Å². The summed E-state index contributed by atoms with van der Waals surface area (Å²) in [5, 5.41) is 0. The summed E-state index contributed by atoms with van der Waals surface area (Å²) >= 11 is 0. The first-order valence-corrected chi connectivity index (χ1v) is 9.94. The molecular formula is C14H30OSi. The zero-order chi connectivity index (χ0) is 13.0. The molecule has 0 spiro atoms. The normalized spacial score (nSPS) is 17.8. The Morgan fingerprint density at radius 2 is 1.62 bits per heavy atom. The highest BCUT2D eigenvalue weighted by Crippen LogP contribution is 2.19. The van der Waals surface area contributed by atoms with Gasteiger partial charge in [0, 0.05) is 0 Å². The van der Waals surface area contributed by atoms with Crippen molar-refractivity contribution in [3.05, 3.63) is 11.8 Å². The molecule has 96 valence electrons. The standard InChI is InChI=1S/C14H30OSi/c1-12(10-9-11-16(6,7)8)13(2)15-14(3,4)5/h9,11-13H,10H2,1-8H3/b11-9+/t12-,13-/m1/s1. The predicted octanol–water partition coefficient (Wildman–Crippen LogP) is 4.65. The molecule has 2 heteroatoms. The Bertz CT molecular complexity index is 220. The molecule has 2 atom stereocenters. The lowest BCUT2D eigenvalue weighted by molar-refractivity contribution is -0.0723. The molecule has 0 fully saturated rings. The molecule has 0 saturated heterocycles. The van der Waals surface area contributed by atoms with Crippen molar-refractivity contribution in [1.29, 1.82) is 0 Å². The van der Waals surface area contributed by atoms with Crippen molar-refractivity contribution in [3.63, 3.8) is 0 Å². The first kappa shape index (κ1) is 15.9. The molecule has 0 unspecified atom stereocenters. The summed E-state index contributed by atoms with van der Waals surface area (Å²) in [6.07, 6.45) is 3.80. The van der Waals surface area contributed by atoms with Crippen molar-refractivity contribution in [1.82, 2.24) is 0 Å². The molecule has 16 heavy (non-hydrogen) atoms. The van der Waals surface area contributed by atoms with Crippen LogP contribution in [-0.2, 0) is 4.74 Å². The van der Waals surface area contributed by atoms with Crippen LogP contribution in [0.15, 0.2) is 11.8 Å². The Morgan fingerprint density at radius 1 is 1.12 bits per heavy atom. The van der Waals surface area contributed by atoms with Gasteiger partial charge in [-0.25, -0.2) is 0 Å². The number of allylic oxidation sites excluding steroid dienone is 1. The average Bonchev–Trinajstić information content (AvgIpc) is 1.98. The van der Waals surface area contributed by atoms with Crippen LogP contribution in [0.4, 0.5) is 0 Å². The quantitative estimate of drug-likeness (QED) is 0.638. The van der Waals surface area contributed by atoms with Crippen molar-refractivity contribution in [2.45, 2.75) is 72.4 Å². The number of ether oxygens (including phenoxy) is 1. The lowest BCUT2D eigenvalue weighted by atomic mass is 10.0. The van der Waals surface area contributed by atoms with Gasteiger partial charge in [0.15, 0.2) is 0 Å². The van der Waals surface area contributed by atoms with Crippen molar-refractivity contribution in [2.75, 3.05) is 0 Å². The van der Waals surface area contributed by atoms with Crippen LogP contribution in [0.5, 0.6) is 0 Å². The van der Waals surface area contributed by atoms with E-state index in [1.807, 2.05) is 0 Å². The van der Waals surface area contributed by atoms with Crippen molar-refractivity contribution >= 4 is 8.07 Å². The van der Waals surface area contributed by atoms with Crippen LogP contribution >= 0.6 is 0 Å². The largest absolute Gasteiger partial charge is 0.373 e. The van der Waals surface area contributed by atoms with Gasteiger partial charge in [0.1, 0.15) is 0 Å². The molecule has 0 radical (unpaired) electrons. The predicted molar refractivity (Wildman–Crippen MR) is 76.6 cm³/mol. The molecule has 0 aromatic heterocycles. The van der Waals surface area contributed by atoms with E-state index >= 15 is 0 Å². The summed E-state index contributed by atoms with van der Waals surface area (Å²) in [4.78, 5) is 0. The highest BCUT2D eigenvalue weighted by molar-refractivity contribution is 6.80. The van der Waals surface area contributed by atoms with E-state index in [2.05, 4.69) is 66.0 Å². The molecule has 0 aromatic rings. The van der Waals surface area contributed by atoms with Gasteiger partial charge in [-0.2, -0.15) is 0 Å². The number of hydrogen-bond donors (Lipinski definition) is 0. The van der Waals surface area contributed by atoms with Gasteiger partial charge in [-0.15, -0.1) is 0 Å². The summed E-state index contributed by atoms with van der Waals surface area (Å²) in [5.41, 5.74) is 2.39.